The van der Waals surface area contributed by atoms with Crippen molar-refractivity contribution in [1.29, 1.82) is 5.41 Å². The summed E-state index contributed by atoms with van der Waals surface area (Å²) in [5.74, 6) is 0.547. The second kappa shape index (κ2) is 5.37. The predicted molar refractivity (Wildman–Crippen MR) is 73.7 cm³/mol. The quantitative estimate of drug-likeness (QED) is 0.668. The molecule has 0 amide bonds. The summed E-state index contributed by atoms with van der Waals surface area (Å²) in [5, 5.41) is 10.7. The molecule has 0 atom stereocenters. The summed E-state index contributed by atoms with van der Waals surface area (Å²) >= 11 is 7.63. The standard InChI is InChI=1S/C12H12ClN3OS/c1-7-16-9(6-18-7)5-17-11-3-2-8(12(14)15)4-10(11)13/h2-4,6H,5H2,1H3,(H3,14,15). The number of nitrogen functional groups attached to an aromatic ring is 1. The minimum Gasteiger partial charge on any atom is -0.486 e. The fourth-order valence-corrected chi connectivity index (χ4v) is 2.24. The summed E-state index contributed by atoms with van der Waals surface area (Å²) in [5.41, 5.74) is 6.84. The molecule has 0 unspecified atom stereocenters. The maximum Gasteiger partial charge on any atom is 0.138 e. The van der Waals surface area contributed by atoms with Crippen LogP contribution in [0.25, 0.3) is 0 Å². The van der Waals surface area contributed by atoms with E-state index in [0.29, 0.717) is 22.9 Å². The fraction of sp³-hybridized carbons (Fsp3) is 0.167. The molecule has 0 fully saturated rings. The van der Waals surface area contributed by atoms with Crippen LogP contribution in [-0.2, 0) is 6.61 Å². The molecule has 4 nitrogen and oxygen atoms in total. The summed E-state index contributed by atoms with van der Waals surface area (Å²) < 4.78 is 5.57. The summed E-state index contributed by atoms with van der Waals surface area (Å²) in [6, 6.07) is 5.03. The second-order valence-electron chi connectivity index (χ2n) is 3.71. The molecule has 3 N–H and O–H groups in total. The van der Waals surface area contributed by atoms with Gasteiger partial charge in [-0.1, -0.05) is 11.6 Å². The molecule has 6 heteroatoms. The van der Waals surface area contributed by atoms with Crippen LogP contribution < -0.4 is 10.5 Å². The molecule has 94 valence electrons. The monoisotopic (exact) mass is 281 g/mol. The van der Waals surface area contributed by atoms with Crippen molar-refractivity contribution >= 4 is 28.8 Å². The predicted octanol–water partition coefficient (Wildman–Crippen LogP) is 2.97. The highest BCUT2D eigenvalue weighted by Crippen LogP contribution is 2.26. The molecule has 0 aliphatic rings. The van der Waals surface area contributed by atoms with Crippen molar-refractivity contribution in [3.8, 4) is 5.75 Å². The van der Waals surface area contributed by atoms with Crippen molar-refractivity contribution in [1.82, 2.24) is 4.98 Å². The van der Waals surface area contributed by atoms with Crippen molar-refractivity contribution in [3.63, 3.8) is 0 Å². The molecule has 0 saturated carbocycles. The number of aryl methyl sites for hydroxylation is 1. The van der Waals surface area contributed by atoms with Gasteiger partial charge in [0.05, 0.1) is 15.7 Å². The first-order valence-corrected chi connectivity index (χ1v) is 6.50. The zero-order valence-electron chi connectivity index (χ0n) is 9.74. The van der Waals surface area contributed by atoms with E-state index >= 15 is 0 Å². The van der Waals surface area contributed by atoms with E-state index in [2.05, 4.69) is 4.98 Å². The number of nitrogens with one attached hydrogen (secondary N) is 1. The summed E-state index contributed by atoms with van der Waals surface area (Å²) in [6.07, 6.45) is 0. The number of nitrogens with two attached hydrogens (primary N) is 1. The third-order valence-electron chi connectivity index (χ3n) is 2.29. The number of ether oxygens (including phenoxy) is 1. The average molecular weight is 282 g/mol. The molecule has 2 aromatic rings. The Labute approximate surface area is 114 Å². The smallest absolute Gasteiger partial charge is 0.138 e. The lowest BCUT2D eigenvalue weighted by Gasteiger charge is -2.07. The Morgan fingerprint density at radius 1 is 1.56 bits per heavy atom. The van der Waals surface area contributed by atoms with E-state index in [1.807, 2.05) is 12.3 Å². The van der Waals surface area contributed by atoms with Crippen LogP contribution in [0.5, 0.6) is 5.75 Å². The second-order valence-corrected chi connectivity index (χ2v) is 5.17. The highest BCUT2D eigenvalue weighted by Gasteiger charge is 2.06. The van der Waals surface area contributed by atoms with E-state index in [1.165, 1.54) is 0 Å². The Hall–Kier alpha value is -1.59. The van der Waals surface area contributed by atoms with Gasteiger partial charge in [0.25, 0.3) is 0 Å². The molecular weight excluding hydrogens is 270 g/mol. The van der Waals surface area contributed by atoms with E-state index < -0.39 is 0 Å². The van der Waals surface area contributed by atoms with Crippen LogP contribution in [0.4, 0.5) is 0 Å². The third kappa shape index (κ3) is 3.00. The summed E-state index contributed by atoms with van der Waals surface area (Å²) in [7, 11) is 0. The van der Waals surface area contributed by atoms with Gasteiger partial charge in [-0.3, -0.25) is 5.41 Å². The van der Waals surface area contributed by atoms with Gasteiger partial charge in [-0.15, -0.1) is 11.3 Å². The van der Waals surface area contributed by atoms with Gasteiger partial charge in [-0.05, 0) is 25.1 Å². The number of nitrogens with zero attached hydrogens (tertiary/aromatic N) is 1. The zero-order valence-corrected chi connectivity index (χ0v) is 11.3. The van der Waals surface area contributed by atoms with Crippen LogP contribution in [0.1, 0.15) is 16.3 Å². The Kier molecular flexibility index (Phi) is 3.84. The number of hydrogen-bond donors (Lipinski definition) is 2. The molecule has 1 aromatic carbocycles. The highest BCUT2D eigenvalue weighted by molar-refractivity contribution is 7.09. The molecule has 0 aliphatic heterocycles. The van der Waals surface area contributed by atoms with Gasteiger partial charge in [0, 0.05) is 10.9 Å². The summed E-state index contributed by atoms with van der Waals surface area (Å²) in [6.45, 7) is 2.33. The van der Waals surface area contributed by atoms with Crippen molar-refractivity contribution in [2.45, 2.75) is 13.5 Å². The van der Waals surface area contributed by atoms with E-state index in [1.54, 1.807) is 29.5 Å². The molecule has 0 spiro atoms. The minimum atomic E-state index is -0.0152. The number of aromatic nitrogens is 1. The van der Waals surface area contributed by atoms with Crippen molar-refractivity contribution in [2.24, 2.45) is 5.73 Å². The molecule has 0 bridgehead atoms. The van der Waals surface area contributed by atoms with Crippen LogP contribution in [0.2, 0.25) is 5.02 Å². The normalized spacial score (nSPS) is 10.3. The summed E-state index contributed by atoms with van der Waals surface area (Å²) in [4.78, 5) is 4.30. The van der Waals surface area contributed by atoms with Gasteiger partial charge in [0.1, 0.15) is 18.2 Å². The lowest BCUT2D eigenvalue weighted by atomic mass is 10.2. The minimum absolute atomic E-state index is 0.0152. The topological polar surface area (TPSA) is 72.0 Å². The number of benzene rings is 1. The molecule has 2 rings (SSSR count). The maximum atomic E-state index is 7.31. The first-order valence-electron chi connectivity index (χ1n) is 5.24. The van der Waals surface area contributed by atoms with E-state index in [4.69, 9.17) is 27.5 Å². The molecule has 1 aromatic heterocycles. The number of amidine groups is 1. The van der Waals surface area contributed by atoms with Crippen molar-refractivity contribution in [3.05, 3.63) is 44.9 Å². The number of thiazole rings is 1. The van der Waals surface area contributed by atoms with Crippen LogP contribution >= 0.6 is 22.9 Å². The lowest BCUT2D eigenvalue weighted by molar-refractivity contribution is 0.302. The first kappa shape index (κ1) is 12.9. The molecule has 18 heavy (non-hydrogen) atoms. The van der Waals surface area contributed by atoms with Crippen molar-refractivity contribution < 1.29 is 4.74 Å². The average Bonchev–Trinajstić information content (AvgIpc) is 2.73. The molecular formula is C12H12ClN3OS. The SMILES string of the molecule is Cc1nc(COc2ccc(C(=N)N)cc2Cl)cs1. The Morgan fingerprint density at radius 2 is 2.33 bits per heavy atom. The van der Waals surface area contributed by atoms with E-state index in [-0.39, 0.29) is 5.84 Å². The van der Waals surface area contributed by atoms with Crippen LogP contribution in [0.15, 0.2) is 23.6 Å². The lowest BCUT2D eigenvalue weighted by Crippen LogP contribution is -2.10. The fourth-order valence-electron chi connectivity index (χ4n) is 1.41. The Morgan fingerprint density at radius 3 is 2.89 bits per heavy atom. The number of hydrogen-bond acceptors (Lipinski definition) is 4. The highest BCUT2D eigenvalue weighted by atomic mass is 35.5. The van der Waals surface area contributed by atoms with Gasteiger partial charge in [-0.2, -0.15) is 0 Å². The largest absolute Gasteiger partial charge is 0.486 e. The third-order valence-corrected chi connectivity index (χ3v) is 3.40. The van der Waals surface area contributed by atoms with Crippen molar-refractivity contribution in [2.75, 3.05) is 0 Å². The van der Waals surface area contributed by atoms with Gasteiger partial charge < -0.3 is 10.5 Å². The van der Waals surface area contributed by atoms with Gasteiger partial charge in [0.15, 0.2) is 0 Å². The first-order chi connectivity index (χ1) is 8.56. The van der Waals surface area contributed by atoms with Crippen LogP contribution in [0, 0.1) is 12.3 Å². The van der Waals surface area contributed by atoms with Gasteiger partial charge in [-0.25, -0.2) is 4.98 Å². The van der Waals surface area contributed by atoms with Gasteiger partial charge in [0.2, 0.25) is 0 Å². The molecule has 1 heterocycles. The van der Waals surface area contributed by atoms with E-state index in [9.17, 15) is 0 Å². The Balaban J connectivity index is 2.08. The van der Waals surface area contributed by atoms with Gasteiger partial charge >= 0.3 is 0 Å². The Bertz CT molecular complexity index is 582. The number of halogens is 1. The zero-order chi connectivity index (χ0) is 13.1. The molecule has 0 aliphatic carbocycles. The molecule has 0 radical (unpaired) electrons. The van der Waals surface area contributed by atoms with E-state index in [0.717, 1.165) is 10.7 Å². The maximum absolute atomic E-state index is 7.31. The van der Waals surface area contributed by atoms with Crippen LogP contribution in [0.3, 0.4) is 0 Å². The van der Waals surface area contributed by atoms with Crippen LogP contribution in [-0.4, -0.2) is 10.8 Å². The molecule has 0 saturated heterocycles. The number of rotatable bonds is 4.